The predicted octanol–water partition coefficient (Wildman–Crippen LogP) is -2.47. The molecule has 19 heavy (non-hydrogen) atoms. The van der Waals surface area contributed by atoms with E-state index in [2.05, 4.69) is 5.43 Å². The summed E-state index contributed by atoms with van der Waals surface area (Å²) in [7, 11) is -4.46. The molecule has 1 N–H and O–H groups in total. The van der Waals surface area contributed by atoms with E-state index >= 15 is 0 Å². The van der Waals surface area contributed by atoms with Crippen LogP contribution in [-0.2, 0) is 14.9 Å². The van der Waals surface area contributed by atoms with Crippen LogP contribution in [0.3, 0.4) is 0 Å². The zero-order chi connectivity index (χ0) is 13.5. The third-order valence-electron chi connectivity index (χ3n) is 2.78. The van der Waals surface area contributed by atoms with E-state index in [1.54, 1.807) is 6.92 Å². The number of nitrogens with one attached hydrogen (secondary N) is 1. The van der Waals surface area contributed by atoms with Crippen LogP contribution in [0.1, 0.15) is 18.9 Å². The van der Waals surface area contributed by atoms with E-state index in [1.807, 2.05) is 6.92 Å². The number of hydrazine groups is 1. The first-order valence-electron chi connectivity index (χ1n) is 5.44. The van der Waals surface area contributed by atoms with Crippen molar-refractivity contribution in [2.24, 2.45) is 0 Å². The van der Waals surface area contributed by atoms with Gasteiger partial charge in [0.2, 0.25) is 5.91 Å². The van der Waals surface area contributed by atoms with Gasteiger partial charge < -0.3 is 4.55 Å². The molecule has 1 unspecified atom stereocenters. The number of amides is 1. The van der Waals surface area contributed by atoms with Crippen molar-refractivity contribution in [2.45, 2.75) is 31.2 Å². The maximum absolute atomic E-state index is 11.7. The predicted molar refractivity (Wildman–Crippen MR) is 63.8 cm³/mol. The maximum atomic E-state index is 11.7. The van der Waals surface area contributed by atoms with Gasteiger partial charge in [-0.15, -0.1) is 0 Å². The summed E-state index contributed by atoms with van der Waals surface area (Å²) >= 11 is 0. The Morgan fingerprint density at radius 1 is 1.42 bits per heavy atom. The second-order valence-corrected chi connectivity index (χ2v) is 5.75. The number of anilines is 1. The molecule has 1 aliphatic rings. The first-order chi connectivity index (χ1) is 8.29. The van der Waals surface area contributed by atoms with Crippen molar-refractivity contribution >= 4 is 21.7 Å². The molecule has 1 aromatic carbocycles. The molecule has 1 heterocycles. The van der Waals surface area contributed by atoms with Gasteiger partial charge in [-0.3, -0.25) is 4.79 Å². The Labute approximate surface area is 134 Å². The Balaban J connectivity index is 0.00000180. The number of hydrogen-bond donors (Lipinski definition) is 1. The van der Waals surface area contributed by atoms with E-state index in [1.165, 1.54) is 23.2 Å². The van der Waals surface area contributed by atoms with Crippen molar-refractivity contribution in [3.8, 4) is 0 Å². The van der Waals surface area contributed by atoms with Crippen LogP contribution in [0, 0.1) is 6.92 Å². The molecule has 8 heteroatoms. The second-order valence-electron chi connectivity index (χ2n) is 4.37. The summed E-state index contributed by atoms with van der Waals surface area (Å²) in [5.41, 5.74) is 4.10. The summed E-state index contributed by atoms with van der Waals surface area (Å²) in [6.07, 6.45) is 0.390. The average Bonchev–Trinajstić information content (AvgIpc) is 2.56. The van der Waals surface area contributed by atoms with Gasteiger partial charge in [0.1, 0.15) is 10.1 Å². The zero-order valence-electron chi connectivity index (χ0n) is 11.0. The summed E-state index contributed by atoms with van der Waals surface area (Å²) in [5, 5.41) is 1.39. The topological polar surface area (TPSA) is 89.5 Å². The largest absolute Gasteiger partial charge is 1.00 e. The molecular formula is C11H13N2NaO4S. The van der Waals surface area contributed by atoms with Gasteiger partial charge >= 0.3 is 29.6 Å². The minimum absolute atomic E-state index is 0. The first-order valence-corrected chi connectivity index (χ1v) is 6.85. The molecule has 1 saturated heterocycles. The summed E-state index contributed by atoms with van der Waals surface area (Å²) in [5.74, 6) is -0.0802. The number of benzene rings is 1. The maximum Gasteiger partial charge on any atom is 1.00 e. The van der Waals surface area contributed by atoms with Crippen LogP contribution in [0.25, 0.3) is 0 Å². The molecule has 1 fully saturated rings. The quantitative estimate of drug-likeness (QED) is 0.482. The van der Waals surface area contributed by atoms with E-state index in [9.17, 15) is 17.8 Å². The fourth-order valence-corrected chi connectivity index (χ4v) is 2.49. The third-order valence-corrected chi connectivity index (χ3v) is 3.61. The van der Waals surface area contributed by atoms with Crippen molar-refractivity contribution in [3.63, 3.8) is 0 Å². The summed E-state index contributed by atoms with van der Waals surface area (Å²) in [6.45, 7) is 3.53. The van der Waals surface area contributed by atoms with Crippen molar-refractivity contribution in [1.29, 1.82) is 0 Å². The first kappa shape index (κ1) is 16.6. The van der Waals surface area contributed by atoms with Crippen LogP contribution >= 0.6 is 0 Å². The Kier molecular flexibility index (Phi) is 5.16. The number of rotatable bonds is 2. The molecular weight excluding hydrogens is 279 g/mol. The van der Waals surface area contributed by atoms with E-state index < -0.39 is 10.1 Å². The molecule has 0 spiro atoms. The minimum Gasteiger partial charge on any atom is -0.744 e. The third kappa shape index (κ3) is 3.56. The van der Waals surface area contributed by atoms with Gasteiger partial charge in [0.15, 0.2) is 0 Å². The van der Waals surface area contributed by atoms with Crippen molar-refractivity contribution in [1.82, 2.24) is 5.43 Å². The van der Waals surface area contributed by atoms with Gasteiger partial charge in [-0.2, -0.15) is 0 Å². The fourth-order valence-electron chi connectivity index (χ4n) is 1.93. The Morgan fingerprint density at radius 2 is 2.05 bits per heavy atom. The van der Waals surface area contributed by atoms with Crippen LogP contribution < -0.4 is 40.0 Å². The molecule has 0 aromatic heterocycles. The van der Waals surface area contributed by atoms with Crippen LogP contribution in [0.4, 0.5) is 5.69 Å². The molecule has 1 aliphatic heterocycles. The molecule has 0 bridgehead atoms. The van der Waals surface area contributed by atoms with Crippen LogP contribution in [0.15, 0.2) is 23.1 Å². The van der Waals surface area contributed by atoms with Crippen LogP contribution in [0.5, 0.6) is 0 Å². The number of hydrogen-bond acceptors (Lipinski definition) is 5. The van der Waals surface area contributed by atoms with Gasteiger partial charge in [0, 0.05) is 12.5 Å². The monoisotopic (exact) mass is 292 g/mol. The standard InChI is InChI=1S/C11H14N2O4S.Na/c1-7-5-9(18(15,16)17)3-4-10(7)13-11(14)6-8(2)12-13;/h3-5,8,12H,6H2,1-2H3,(H,15,16,17);/q;+1/p-1. The Morgan fingerprint density at radius 3 is 2.47 bits per heavy atom. The van der Waals surface area contributed by atoms with Gasteiger partial charge in [0.05, 0.1) is 10.6 Å². The molecule has 6 nitrogen and oxygen atoms in total. The smallest absolute Gasteiger partial charge is 0.744 e. The number of carbonyl (C=O) groups excluding carboxylic acids is 1. The van der Waals surface area contributed by atoms with E-state index in [0.717, 1.165) is 0 Å². The van der Waals surface area contributed by atoms with E-state index in [4.69, 9.17) is 0 Å². The van der Waals surface area contributed by atoms with Gasteiger partial charge in [0.25, 0.3) is 0 Å². The summed E-state index contributed by atoms with van der Waals surface area (Å²) in [4.78, 5) is 11.4. The summed E-state index contributed by atoms with van der Waals surface area (Å²) < 4.78 is 32.6. The van der Waals surface area contributed by atoms with Gasteiger partial charge in [-0.1, -0.05) is 0 Å². The molecule has 1 aromatic rings. The summed E-state index contributed by atoms with van der Waals surface area (Å²) in [6, 6.07) is 3.99. The molecule has 1 atom stereocenters. The minimum atomic E-state index is -4.46. The van der Waals surface area contributed by atoms with Crippen LogP contribution in [0.2, 0.25) is 0 Å². The van der Waals surface area contributed by atoms with Crippen molar-refractivity contribution in [3.05, 3.63) is 23.8 Å². The molecule has 98 valence electrons. The molecule has 1 amide bonds. The van der Waals surface area contributed by atoms with Crippen LogP contribution in [-0.4, -0.2) is 24.9 Å². The zero-order valence-corrected chi connectivity index (χ0v) is 13.8. The normalized spacial score (nSPS) is 19.4. The Hall–Kier alpha value is -0.440. The van der Waals surface area contributed by atoms with Crippen molar-refractivity contribution < 1.29 is 47.3 Å². The Bertz CT molecular complexity index is 603. The van der Waals surface area contributed by atoms with E-state index in [-0.39, 0.29) is 46.4 Å². The second kappa shape index (κ2) is 5.90. The number of nitrogens with zero attached hydrogens (tertiary/aromatic N) is 1. The molecule has 0 aliphatic carbocycles. The van der Waals surface area contributed by atoms with Gasteiger partial charge in [-0.05, 0) is 37.6 Å². The van der Waals surface area contributed by atoms with Gasteiger partial charge in [-0.25, -0.2) is 18.9 Å². The number of carbonyl (C=O) groups is 1. The molecule has 0 saturated carbocycles. The fraction of sp³-hybridized carbons (Fsp3) is 0.364. The molecule has 2 rings (SSSR count). The molecule has 0 radical (unpaired) electrons. The van der Waals surface area contributed by atoms with E-state index in [0.29, 0.717) is 17.7 Å². The van der Waals surface area contributed by atoms with Crippen molar-refractivity contribution in [2.75, 3.05) is 5.01 Å². The number of aryl methyl sites for hydroxylation is 1. The average molecular weight is 292 g/mol. The SMILES string of the molecule is Cc1cc(S(=O)(=O)[O-])ccc1N1NC(C)CC1=O.[Na+].